The molecule has 2 aromatic rings. The fourth-order valence-electron chi connectivity index (χ4n) is 1.88. The van der Waals surface area contributed by atoms with Gasteiger partial charge >= 0.3 is 0 Å². The van der Waals surface area contributed by atoms with Crippen LogP contribution in [-0.4, -0.2) is 18.1 Å². The molecular weight excluding hydrogens is 290 g/mol. The molecule has 0 radical (unpaired) electrons. The molecule has 1 heterocycles. The lowest BCUT2D eigenvalue weighted by Crippen LogP contribution is -1.96. The topological polar surface area (TPSA) is 55.5 Å². The van der Waals surface area contributed by atoms with Crippen LogP contribution in [0.25, 0.3) is 0 Å². The SMILES string of the molecule is C1=C(/C=N/Oc2ccccc2)N=C(/C=N/Oc2ccccc2)C1. The molecule has 0 fully saturated rings. The van der Waals surface area contributed by atoms with E-state index in [-0.39, 0.29) is 0 Å². The van der Waals surface area contributed by atoms with Crippen molar-refractivity contribution in [3.63, 3.8) is 0 Å². The van der Waals surface area contributed by atoms with E-state index in [1.54, 1.807) is 12.4 Å². The first-order chi connectivity index (χ1) is 11.4. The van der Waals surface area contributed by atoms with Crippen LogP contribution in [0.2, 0.25) is 0 Å². The summed E-state index contributed by atoms with van der Waals surface area (Å²) in [5.74, 6) is 1.37. The van der Waals surface area contributed by atoms with Crippen LogP contribution in [-0.2, 0) is 0 Å². The summed E-state index contributed by atoms with van der Waals surface area (Å²) >= 11 is 0. The predicted octanol–water partition coefficient (Wildman–Crippen LogP) is 3.84. The molecule has 114 valence electrons. The molecule has 0 atom stereocenters. The van der Waals surface area contributed by atoms with Crippen molar-refractivity contribution >= 4 is 18.1 Å². The Hall–Kier alpha value is -3.21. The van der Waals surface area contributed by atoms with Gasteiger partial charge in [-0.1, -0.05) is 52.8 Å². The summed E-state index contributed by atoms with van der Waals surface area (Å²) in [7, 11) is 0. The van der Waals surface area contributed by atoms with E-state index < -0.39 is 0 Å². The first-order valence-electron chi connectivity index (χ1n) is 7.19. The Balaban J connectivity index is 1.49. The normalized spacial score (nSPS) is 14.1. The molecular formula is C18H15N3O2. The smallest absolute Gasteiger partial charge is 0.157 e. The Labute approximate surface area is 134 Å². The highest BCUT2D eigenvalue weighted by Crippen LogP contribution is 2.11. The third kappa shape index (κ3) is 4.64. The standard InChI is InChI=1S/C18H15N3O2/c1-3-7-17(8-4-1)22-19-13-15-11-12-16(21-15)14-20-23-18-9-5-2-6-10-18/h1-11,13-14H,12H2/b19-13+,20-14+. The van der Waals surface area contributed by atoms with Crippen LogP contribution >= 0.6 is 0 Å². The van der Waals surface area contributed by atoms with Crippen LogP contribution < -0.4 is 9.68 Å². The Morgan fingerprint density at radius 3 is 1.96 bits per heavy atom. The van der Waals surface area contributed by atoms with E-state index in [2.05, 4.69) is 15.3 Å². The Bertz CT molecular complexity index is 750. The second-order valence-electron chi connectivity index (χ2n) is 4.71. The number of nitrogens with zero attached hydrogens (tertiary/aromatic N) is 3. The molecule has 0 amide bonds. The fourth-order valence-corrected chi connectivity index (χ4v) is 1.88. The third-order valence-electron chi connectivity index (χ3n) is 2.98. The number of para-hydroxylation sites is 2. The molecule has 1 aliphatic rings. The minimum Gasteiger partial charge on any atom is -0.357 e. The zero-order chi connectivity index (χ0) is 15.7. The molecule has 2 aromatic carbocycles. The number of hydrogen-bond donors (Lipinski definition) is 0. The zero-order valence-corrected chi connectivity index (χ0v) is 12.4. The number of benzene rings is 2. The average molecular weight is 305 g/mol. The van der Waals surface area contributed by atoms with Crippen LogP contribution in [0, 0.1) is 0 Å². The predicted molar refractivity (Wildman–Crippen MR) is 91.3 cm³/mol. The van der Waals surface area contributed by atoms with Crippen molar-refractivity contribution in [1.29, 1.82) is 0 Å². The molecule has 23 heavy (non-hydrogen) atoms. The summed E-state index contributed by atoms with van der Waals surface area (Å²) in [5, 5.41) is 7.83. The molecule has 5 nitrogen and oxygen atoms in total. The molecule has 5 heteroatoms. The first kappa shape index (κ1) is 14.7. The van der Waals surface area contributed by atoms with Crippen molar-refractivity contribution in [3.8, 4) is 11.5 Å². The van der Waals surface area contributed by atoms with Crippen LogP contribution in [0.4, 0.5) is 0 Å². The average Bonchev–Trinajstić information content (AvgIpc) is 3.05. The second-order valence-corrected chi connectivity index (χ2v) is 4.71. The number of oxime groups is 2. The Morgan fingerprint density at radius 2 is 1.35 bits per heavy atom. The maximum Gasteiger partial charge on any atom is 0.157 e. The van der Waals surface area contributed by atoms with Gasteiger partial charge in [0, 0.05) is 6.42 Å². The van der Waals surface area contributed by atoms with Crippen molar-refractivity contribution in [2.75, 3.05) is 0 Å². The highest BCUT2D eigenvalue weighted by atomic mass is 16.6. The van der Waals surface area contributed by atoms with Gasteiger partial charge in [-0.15, -0.1) is 0 Å². The van der Waals surface area contributed by atoms with E-state index in [1.807, 2.05) is 66.7 Å². The summed E-state index contributed by atoms with van der Waals surface area (Å²) in [6, 6.07) is 18.7. The van der Waals surface area contributed by atoms with Gasteiger partial charge in [0.1, 0.15) is 0 Å². The summed E-state index contributed by atoms with van der Waals surface area (Å²) in [5.41, 5.74) is 1.55. The van der Waals surface area contributed by atoms with Crippen LogP contribution in [0.1, 0.15) is 6.42 Å². The molecule has 0 bridgehead atoms. The van der Waals surface area contributed by atoms with E-state index in [4.69, 9.17) is 9.68 Å². The summed E-state index contributed by atoms with van der Waals surface area (Å²) in [6.07, 6.45) is 5.81. The molecule has 0 aromatic heterocycles. The maximum atomic E-state index is 5.25. The van der Waals surface area contributed by atoms with Gasteiger partial charge in [-0.3, -0.25) is 0 Å². The molecule has 0 spiro atoms. The van der Waals surface area contributed by atoms with Gasteiger partial charge in [-0.25, -0.2) is 4.99 Å². The maximum absolute atomic E-state index is 5.25. The van der Waals surface area contributed by atoms with Gasteiger partial charge in [0.25, 0.3) is 0 Å². The summed E-state index contributed by atoms with van der Waals surface area (Å²) < 4.78 is 0. The van der Waals surface area contributed by atoms with Crippen molar-refractivity contribution in [2.45, 2.75) is 6.42 Å². The lowest BCUT2D eigenvalue weighted by molar-refractivity contribution is 0.344. The number of allylic oxidation sites excluding steroid dienone is 2. The zero-order valence-electron chi connectivity index (χ0n) is 12.4. The van der Waals surface area contributed by atoms with E-state index in [1.165, 1.54) is 0 Å². The van der Waals surface area contributed by atoms with Gasteiger partial charge in [-0.05, 0) is 24.3 Å². The molecule has 0 saturated carbocycles. The number of rotatable bonds is 6. The summed E-state index contributed by atoms with van der Waals surface area (Å²) in [6.45, 7) is 0. The largest absolute Gasteiger partial charge is 0.357 e. The van der Waals surface area contributed by atoms with E-state index >= 15 is 0 Å². The molecule has 0 unspecified atom stereocenters. The quantitative estimate of drug-likeness (QED) is 0.601. The Morgan fingerprint density at radius 1 is 0.783 bits per heavy atom. The van der Waals surface area contributed by atoms with E-state index in [0.717, 1.165) is 11.4 Å². The summed E-state index contributed by atoms with van der Waals surface area (Å²) in [4.78, 5) is 14.9. The second kappa shape index (κ2) is 7.70. The number of aliphatic imine (C=N–C) groups is 1. The Kier molecular flexibility index (Phi) is 4.93. The lowest BCUT2D eigenvalue weighted by atomic mass is 10.3. The molecule has 0 aliphatic carbocycles. The molecule has 0 saturated heterocycles. The van der Waals surface area contributed by atoms with Gasteiger partial charge in [0.05, 0.1) is 23.8 Å². The van der Waals surface area contributed by atoms with Crippen LogP contribution in [0.3, 0.4) is 0 Å². The van der Waals surface area contributed by atoms with Gasteiger partial charge in [0.15, 0.2) is 11.5 Å². The van der Waals surface area contributed by atoms with Gasteiger partial charge in [-0.2, -0.15) is 0 Å². The van der Waals surface area contributed by atoms with Crippen molar-refractivity contribution in [3.05, 3.63) is 72.4 Å². The van der Waals surface area contributed by atoms with Gasteiger partial charge < -0.3 is 9.68 Å². The van der Waals surface area contributed by atoms with Crippen molar-refractivity contribution in [2.24, 2.45) is 15.3 Å². The van der Waals surface area contributed by atoms with E-state index in [9.17, 15) is 0 Å². The fraction of sp³-hybridized carbons (Fsp3) is 0.0556. The minimum atomic E-state index is 0.685. The first-order valence-corrected chi connectivity index (χ1v) is 7.19. The molecule has 0 N–H and O–H groups in total. The molecule has 3 rings (SSSR count). The minimum absolute atomic E-state index is 0.685. The van der Waals surface area contributed by atoms with Crippen LogP contribution in [0.5, 0.6) is 11.5 Å². The highest BCUT2D eigenvalue weighted by Gasteiger charge is 2.05. The van der Waals surface area contributed by atoms with Crippen molar-refractivity contribution < 1.29 is 9.68 Å². The van der Waals surface area contributed by atoms with Crippen molar-refractivity contribution in [1.82, 2.24) is 0 Å². The van der Waals surface area contributed by atoms with Crippen LogP contribution in [0.15, 0.2) is 87.7 Å². The number of hydrogen-bond acceptors (Lipinski definition) is 5. The van der Waals surface area contributed by atoms with E-state index in [0.29, 0.717) is 17.9 Å². The van der Waals surface area contributed by atoms with Gasteiger partial charge in [0.2, 0.25) is 0 Å². The third-order valence-corrected chi connectivity index (χ3v) is 2.98. The molecule has 1 aliphatic heterocycles. The monoisotopic (exact) mass is 305 g/mol. The lowest BCUT2D eigenvalue weighted by Gasteiger charge is -1.96. The highest BCUT2D eigenvalue weighted by molar-refractivity contribution is 6.32.